The first-order valence-corrected chi connectivity index (χ1v) is 9.48. The van der Waals surface area contributed by atoms with Crippen LogP contribution in [-0.4, -0.2) is 84.9 Å². The van der Waals surface area contributed by atoms with Crippen molar-refractivity contribution in [2.45, 2.75) is 18.8 Å². The summed E-state index contributed by atoms with van der Waals surface area (Å²) in [5.41, 5.74) is 0.820. The summed E-state index contributed by atoms with van der Waals surface area (Å²) in [6.45, 7) is 6.27. The van der Waals surface area contributed by atoms with E-state index in [0.717, 1.165) is 76.2 Å². The highest BCUT2D eigenvalue weighted by Gasteiger charge is 2.27. The Bertz CT molecular complexity index is 718. The van der Waals surface area contributed by atoms with Gasteiger partial charge in [0.1, 0.15) is 5.82 Å². The molecule has 0 amide bonds. The Kier molecular flexibility index (Phi) is 5.33. The average Bonchev–Trinajstić information content (AvgIpc) is 2.91. The Labute approximate surface area is 154 Å². The second-order valence-electron chi connectivity index (χ2n) is 7.50. The van der Waals surface area contributed by atoms with Gasteiger partial charge in [-0.25, -0.2) is 0 Å². The quantitative estimate of drug-likeness (QED) is 0.807. The molecule has 2 aliphatic rings. The molecule has 0 N–H and O–H groups in total. The summed E-state index contributed by atoms with van der Waals surface area (Å²) in [5, 5.41) is 13.5. The molecule has 0 atom stereocenters. The minimum absolute atomic E-state index is 0.410. The lowest BCUT2D eigenvalue weighted by Crippen LogP contribution is -2.38. The molecule has 2 aliphatic heterocycles. The molecule has 4 heterocycles. The molecule has 4 rings (SSSR count). The van der Waals surface area contributed by atoms with Gasteiger partial charge in [-0.1, -0.05) is 0 Å². The van der Waals surface area contributed by atoms with Gasteiger partial charge in [0, 0.05) is 32.5 Å². The van der Waals surface area contributed by atoms with E-state index in [2.05, 4.69) is 15.1 Å². The van der Waals surface area contributed by atoms with Gasteiger partial charge in [-0.05, 0) is 38.1 Å². The van der Waals surface area contributed by atoms with E-state index in [1.54, 1.807) is 0 Å². The summed E-state index contributed by atoms with van der Waals surface area (Å²) < 4.78 is 13.2. The summed E-state index contributed by atoms with van der Waals surface area (Å²) in [4.78, 5) is 4.53. The Morgan fingerprint density at radius 1 is 1.08 bits per heavy atom. The van der Waals surface area contributed by atoms with E-state index in [9.17, 15) is 0 Å². The third kappa shape index (κ3) is 3.82. The van der Waals surface area contributed by atoms with E-state index in [-0.39, 0.29) is 0 Å². The first-order valence-electron chi connectivity index (χ1n) is 9.48. The molecule has 142 valence electrons. The lowest BCUT2D eigenvalue weighted by molar-refractivity contribution is 0.0931. The molecule has 8 nitrogen and oxygen atoms in total. The van der Waals surface area contributed by atoms with Crippen molar-refractivity contribution in [2.24, 2.45) is 5.92 Å². The van der Waals surface area contributed by atoms with E-state index in [4.69, 9.17) is 14.6 Å². The minimum atomic E-state index is 0.410. The van der Waals surface area contributed by atoms with Crippen molar-refractivity contribution in [2.75, 3.05) is 65.1 Å². The summed E-state index contributed by atoms with van der Waals surface area (Å²) in [5.74, 6) is 2.80. The number of ether oxygens (including phenoxy) is 2. The van der Waals surface area contributed by atoms with E-state index < -0.39 is 0 Å². The van der Waals surface area contributed by atoms with Crippen molar-refractivity contribution in [3.8, 4) is 0 Å². The molecular formula is C18H28N6O2. The molecule has 2 aromatic heterocycles. The zero-order valence-electron chi connectivity index (χ0n) is 15.7. The lowest BCUT2D eigenvalue weighted by atomic mass is 9.95. The number of rotatable bonds is 4. The second kappa shape index (κ2) is 7.85. The van der Waals surface area contributed by atoms with Gasteiger partial charge in [-0.3, -0.25) is 0 Å². The molecule has 8 heteroatoms. The Morgan fingerprint density at radius 3 is 2.50 bits per heavy atom. The van der Waals surface area contributed by atoms with Crippen LogP contribution in [-0.2, 0) is 9.47 Å². The standard InChI is InChI=1S/C18H28N6O2/c1-22(2)17-4-3-16-19-20-18(24(16)21-17)15-5-7-23(8-6-15)11-14-12-25-9-10-26-13-14/h3-4,14-15H,5-13H2,1-2H3. The Balaban J connectivity index is 1.40. The summed E-state index contributed by atoms with van der Waals surface area (Å²) in [7, 11) is 4.00. The molecule has 0 aromatic carbocycles. The molecule has 0 radical (unpaired) electrons. The Hall–Kier alpha value is -1.77. The SMILES string of the molecule is CN(C)c1ccc2nnc(C3CCN(CC4COCCOC4)CC3)n2n1. The van der Waals surface area contributed by atoms with Gasteiger partial charge >= 0.3 is 0 Å². The number of likely N-dealkylation sites (tertiary alicyclic amines) is 1. The van der Waals surface area contributed by atoms with Crippen LogP contribution in [0.25, 0.3) is 5.65 Å². The molecule has 2 aromatic rings. The van der Waals surface area contributed by atoms with Gasteiger partial charge in [-0.15, -0.1) is 15.3 Å². The van der Waals surface area contributed by atoms with Crippen molar-refractivity contribution in [3.05, 3.63) is 18.0 Å². The maximum atomic E-state index is 5.62. The summed E-state index contributed by atoms with van der Waals surface area (Å²) in [6, 6.07) is 3.97. The lowest BCUT2D eigenvalue weighted by Gasteiger charge is -2.33. The number of anilines is 1. The summed E-state index contributed by atoms with van der Waals surface area (Å²) >= 11 is 0. The third-order valence-corrected chi connectivity index (χ3v) is 5.28. The maximum Gasteiger partial charge on any atom is 0.178 e. The van der Waals surface area contributed by atoms with Gasteiger partial charge in [0.05, 0.1) is 26.4 Å². The molecule has 0 unspecified atom stereocenters. The van der Waals surface area contributed by atoms with Gasteiger partial charge in [0.15, 0.2) is 11.5 Å². The van der Waals surface area contributed by atoms with Crippen LogP contribution in [0.3, 0.4) is 0 Å². The number of hydrogen-bond donors (Lipinski definition) is 0. The number of fused-ring (bicyclic) bond motifs is 1. The monoisotopic (exact) mass is 360 g/mol. The molecule has 0 saturated carbocycles. The number of nitrogens with zero attached hydrogens (tertiary/aromatic N) is 6. The van der Waals surface area contributed by atoms with Crippen LogP contribution in [0.15, 0.2) is 12.1 Å². The van der Waals surface area contributed by atoms with E-state index >= 15 is 0 Å². The first kappa shape index (κ1) is 17.6. The van der Waals surface area contributed by atoms with E-state index in [1.165, 1.54) is 0 Å². The van der Waals surface area contributed by atoms with Crippen molar-refractivity contribution < 1.29 is 9.47 Å². The molecule has 2 saturated heterocycles. The maximum absolute atomic E-state index is 5.62. The zero-order valence-corrected chi connectivity index (χ0v) is 15.7. The highest BCUT2D eigenvalue weighted by molar-refractivity contribution is 5.45. The fraction of sp³-hybridized carbons (Fsp3) is 0.722. The molecule has 2 fully saturated rings. The van der Waals surface area contributed by atoms with Crippen LogP contribution < -0.4 is 4.90 Å². The largest absolute Gasteiger partial charge is 0.379 e. The average molecular weight is 360 g/mol. The first-order chi connectivity index (χ1) is 12.7. The predicted octanol–water partition coefficient (Wildman–Crippen LogP) is 1.03. The molecule has 0 spiro atoms. The highest BCUT2D eigenvalue weighted by atomic mass is 16.5. The van der Waals surface area contributed by atoms with Crippen molar-refractivity contribution in [1.29, 1.82) is 0 Å². The van der Waals surface area contributed by atoms with Crippen LogP contribution in [0.1, 0.15) is 24.6 Å². The number of hydrogen-bond acceptors (Lipinski definition) is 7. The Morgan fingerprint density at radius 2 is 1.81 bits per heavy atom. The smallest absolute Gasteiger partial charge is 0.178 e. The predicted molar refractivity (Wildman–Crippen MR) is 98.7 cm³/mol. The second-order valence-corrected chi connectivity index (χ2v) is 7.50. The van der Waals surface area contributed by atoms with Gasteiger partial charge in [0.2, 0.25) is 0 Å². The van der Waals surface area contributed by atoms with Crippen molar-refractivity contribution >= 4 is 11.5 Å². The normalized spacial score (nSPS) is 21.2. The molecule has 26 heavy (non-hydrogen) atoms. The molecular weight excluding hydrogens is 332 g/mol. The fourth-order valence-electron chi connectivity index (χ4n) is 3.80. The van der Waals surface area contributed by atoms with Crippen LogP contribution in [0.5, 0.6) is 0 Å². The number of aromatic nitrogens is 4. The van der Waals surface area contributed by atoms with Gasteiger partial charge in [-0.2, -0.15) is 4.52 Å². The molecule has 0 bridgehead atoms. The van der Waals surface area contributed by atoms with Gasteiger partial charge in [0.25, 0.3) is 0 Å². The zero-order chi connectivity index (χ0) is 17.9. The van der Waals surface area contributed by atoms with Crippen molar-refractivity contribution in [1.82, 2.24) is 24.7 Å². The van der Waals surface area contributed by atoms with E-state index in [0.29, 0.717) is 11.8 Å². The third-order valence-electron chi connectivity index (χ3n) is 5.28. The minimum Gasteiger partial charge on any atom is -0.379 e. The highest BCUT2D eigenvalue weighted by Crippen LogP contribution is 2.27. The van der Waals surface area contributed by atoms with Crippen LogP contribution in [0, 0.1) is 5.92 Å². The van der Waals surface area contributed by atoms with Crippen LogP contribution in [0.2, 0.25) is 0 Å². The topological polar surface area (TPSA) is 68.0 Å². The van der Waals surface area contributed by atoms with Crippen LogP contribution in [0.4, 0.5) is 5.82 Å². The fourth-order valence-corrected chi connectivity index (χ4v) is 3.80. The van der Waals surface area contributed by atoms with Crippen LogP contribution >= 0.6 is 0 Å². The van der Waals surface area contributed by atoms with Gasteiger partial charge < -0.3 is 19.3 Å². The van der Waals surface area contributed by atoms with Crippen molar-refractivity contribution in [3.63, 3.8) is 0 Å². The summed E-state index contributed by atoms with van der Waals surface area (Å²) in [6.07, 6.45) is 2.17. The van der Waals surface area contributed by atoms with E-state index in [1.807, 2.05) is 35.6 Å². The molecule has 0 aliphatic carbocycles. The number of piperidine rings is 1.